The minimum absolute atomic E-state index is 0.0800. The number of aromatic carboxylic acids is 1. The lowest BCUT2D eigenvalue weighted by Crippen LogP contribution is -2.28. The Bertz CT molecular complexity index is 1060. The molecule has 0 bridgehead atoms. The molecule has 1 aliphatic heterocycles. The fraction of sp³-hybridized carbons (Fsp3) is 0.190. The van der Waals surface area contributed by atoms with Crippen molar-refractivity contribution in [3.63, 3.8) is 0 Å². The van der Waals surface area contributed by atoms with Gasteiger partial charge in [-0.25, -0.2) is 4.79 Å². The number of hydrogen-bond acceptors (Lipinski definition) is 6. The van der Waals surface area contributed by atoms with Gasteiger partial charge in [-0.15, -0.1) is 0 Å². The number of nitrogens with zero attached hydrogens (tertiary/aromatic N) is 1. The third kappa shape index (κ3) is 3.86. The molecule has 0 spiro atoms. The molecule has 2 aromatic carbocycles. The summed E-state index contributed by atoms with van der Waals surface area (Å²) in [6.07, 6.45) is 1.52. The lowest BCUT2D eigenvalue weighted by Gasteiger charge is -2.17. The number of thioether (sulfide) groups is 1. The van der Waals surface area contributed by atoms with E-state index < -0.39 is 5.97 Å². The van der Waals surface area contributed by atoms with E-state index in [4.69, 9.17) is 21.7 Å². The predicted octanol–water partition coefficient (Wildman–Crippen LogP) is 4.42. The Kier molecular flexibility index (Phi) is 5.95. The Labute approximate surface area is 178 Å². The van der Waals surface area contributed by atoms with Gasteiger partial charge in [0, 0.05) is 0 Å². The molecule has 150 valence electrons. The average Bonchev–Trinajstić information content (AvgIpc) is 2.94. The molecule has 1 heterocycles. The van der Waals surface area contributed by atoms with Crippen LogP contribution in [-0.2, 0) is 4.79 Å². The molecule has 0 aliphatic carbocycles. The highest BCUT2D eigenvalue weighted by Gasteiger charge is 2.34. The van der Waals surface area contributed by atoms with E-state index in [1.165, 1.54) is 25.2 Å². The SMILES string of the molecule is COc1ccc(/C=C2/SC(=S)N(c3ccc(C)cc3C)C2=O)c(C(=O)O)c1OC. The minimum Gasteiger partial charge on any atom is -0.493 e. The Balaban J connectivity index is 2.07. The first kappa shape index (κ1) is 20.9. The Morgan fingerprint density at radius 1 is 1.17 bits per heavy atom. The Morgan fingerprint density at radius 3 is 2.48 bits per heavy atom. The van der Waals surface area contributed by atoms with Crippen LogP contribution in [0.4, 0.5) is 5.69 Å². The van der Waals surface area contributed by atoms with Crippen molar-refractivity contribution >= 4 is 51.9 Å². The van der Waals surface area contributed by atoms with Crippen molar-refractivity contribution in [1.82, 2.24) is 0 Å². The molecule has 1 fully saturated rings. The highest BCUT2D eigenvalue weighted by atomic mass is 32.2. The number of carboxylic acids is 1. The summed E-state index contributed by atoms with van der Waals surface area (Å²) in [4.78, 5) is 26.7. The van der Waals surface area contributed by atoms with Gasteiger partial charge in [-0.05, 0) is 43.2 Å². The van der Waals surface area contributed by atoms with Crippen LogP contribution in [0, 0.1) is 13.8 Å². The molecule has 1 N–H and O–H groups in total. The number of ether oxygens (including phenoxy) is 2. The van der Waals surface area contributed by atoms with Crippen LogP contribution in [0.15, 0.2) is 35.2 Å². The van der Waals surface area contributed by atoms with Gasteiger partial charge >= 0.3 is 5.97 Å². The first-order valence-corrected chi connectivity index (χ1v) is 9.84. The molecule has 0 saturated carbocycles. The average molecular weight is 430 g/mol. The van der Waals surface area contributed by atoms with E-state index in [9.17, 15) is 14.7 Å². The fourth-order valence-corrected chi connectivity index (χ4v) is 4.43. The number of carboxylic acid groups (broad SMARTS) is 1. The number of hydrogen-bond donors (Lipinski definition) is 1. The second-order valence-electron chi connectivity index (χ2n) is 6.38. The number of carbonyl (C=O) groups is 2. The molecule has 1 aliphatic rings. The van der Waals surface area contributed by atoms with Gasteiger partial charge in [0.15, 0.2) is 15.8 Å². The number of aryl methyl sites for hydroxylation is 2. The predicted molar refractivity (Wildman–Crippen MR) is 118 cm³/mol. The van der Waals surface area contributed by atoms with E-state index in [0.29, 0.717) is 26.2 Å². The third-order valence-corrected chi connectivity index (χ3v) is 5.77. The highest BCUT2D eigenvalue weighted by Crippen LogP contribution is 2.40. The standard InChI is InChI=1S/C21H19NO5S2/c1-11-5-7-14(12(2)9-11)22-19(23)16(29-21(22)28)10-13-6-8-15(26-3)18(27-4)17(13)20(24)25/h5-10H,1-4H3,(H,24,25)/b16-10+. The first-order chi connectivity index (χ1) is 13.8. The second kappa shape index (κ2) is 8.26. The molecule has 1 saturated heterocycles. The molecule has 0 radical (unpaired) electrons. The first-order valence-electron chi connectivity index (χ1n) is 8.62. The van der Waals surface area contributed by atoms with Crippen LogP contribution < -0.4 is 14.4 Å². The maximum atomic E-state index is 13.1. The Hall–Kier alpha value is -2.84. The number of carbonyl (C=O) groups excluding carboxylic acids is 1. The van der Waals surface area contributed by atoms with Crippen molar-refractivity contribution in [2.24, 2.45) is 0 Å². The highest BCUT2D eigenvalue weighted by molar-refractivity contribution is 8.27. The summed E-state index contributed by atoms with van der Waals surface area (Å²) in [6.45, 7) is 3.90. The lowest BCUT2D eigenvalue weighted by atomic mass is 10.0. The number of methoxy groups -OCH3 is 2. The van der Waals surface area contributed by atoms with Gasteiger partial charge in [0.2, 0.25) is 0 Å². The number of anilines is 1. The third-order valence-electron chi connectivity index (χ3n) is 4.47. The molecular formula is C21H19NO5S2. The summed E-state index contributed by atoms with van der Waals surface area (Å²) in [7, 11) is 2.80. The van der Waals surface area contributed by atoms with Crippen molar-refractivity contribution in [2.45, 2.75) is 13.8 Å². The molecule has 0 aromatic heterocycles. The molecule has 0 atom stereocenters. The van der Waals surface area contributed by atoms with Crippen LogP contribution in [0.1, 0.15) is 27.0 Å². The van der Waals surface area contributed by atoms with Crippen LogP contribution in [0.5, 0.6) is 11.5 Å². The van der Waals surface area contributed by atoms with Crippen molar-refractivity contribution in [3.8, 4) is 11.5 Å². The summed E-state index contributed by atoms with van der Waals surface area (Å²) < 4.78 is 10.8. The van der Waals surface area contributed by atoms with Gasteiger partial charge in [-0.2, -0.15) is 0 Å². The molecular weight excluding hydrogens is 410 g/mol. The molecule has 6 nitrogen and oxygen atoms in total. The van der Waals surface area contributed by atoms with Gasteiger partial charge in [0.05, 0.1) is 24.8 Å². The largest absolute Gasteiger partial charge is 0.493 e. The summed E-state index contributed by atoms with van der Waals surface area (Å²) in [5.41, 5.74) is 2.98. The normalized spacial score (nSPS) is 15.2. The van der Waals surface area contributed by atoms with Gasteiger partial charge in [-0.3, -0.25) is 9.69 Å². The van der Waals surface area contributed by atoms with Crippen molar-refractivity contribution in [2.75, 3.05) is 19.1 Å². The van der Waals surface area contributed by atoms with Crippen LogP contribution in [0.3, 0.4) is 0 Å². The zero-order valence-corrected chi connectivity index (χ0v) is 17.9. The second-order valence-corrected chi connectivity index (χ2v) is 8.05. The maximum absolute atomic E-state index is 13.1. The minimum atomic E-state index is -1.18. The lowest BCUT2D eigenvalue weighted by molar-refractivity contribution is -0.113. The van der Waals surface area contributed by atoms with Gasteiger partial charge in [-0.1, -0.05) is 47.7 Å². The number of rotatable bonds is 5. The molecule has 0 unspecified atom stereocenters. The van der Waals surface area contributed by atoms with Gasteiger partial charge < -0.3 is 14.6 Å². The van der Waals surface area contributed by atoms with E-state index in [0.717, 1.165) is 22.9 Å². The van der Waals surface area contributed by atoms with Crippen molar-refractivity contribution in [3.05, 3.63) is 57.5 Å². The van der Waals surface area contributed by atoms with Crippen LogP contribution in [-0.4, -0.2) is 35.5 Å². The molecule has 3 rings (SSSR count). The van der Waals surface area contributed by atoms with Crippen LogP contribution in [0.25, 0.3) is 6.08 Å². The number of amides is 1. The smallest absolute Gasteiger partial charge is 0.340 e. The van der Waals surface area contributed by atoms with E-state index in [2.05, 4.69) is 0 Å². The summed E-state index contributed by atoms with van der Waals surface area (Å²) >= 11 is 6.56. The summed E-state index contributed by atoms with van der Waals surface area (Å²) in [5, 5.41) is 9.69. The molecule has 8 heteroatoms. The molecule has 29 heavy (non-hydrogen) atoms. The van der Waals surface area contributed by atoms with Crippen LogP contribution >= 0.6 is 24.0 Å². The fourth-order valence-electron chi connectivity index (χ4n) is 3.16. The number of benzene rings is 2. The van der Waals surface area contributed by atoms with E-state index in [1.54, 1.807) is 12.1 Å². The van der Waals surface area contributed by atoms with Gasteiger partial charge in [0.25, 0.3) is 5.91 Å². The number of thiocarbonyl (C=S) groups is 1. The van der Waals surface area contributed by atoms with Crippen molar-refractivity contribution in [1.29, 1.82) is 0 Å². The zero-order valence-electron chi connectivity index (χ0n) is 16.3. The maximum Gasteiger partial charge on any atom is 0.340 e. The van der Waals surface area contributed by atoms with Crippen molar-refractivity contribution < 1.29 is 24.2 Å². The van der Waals surface area contributed by atoms with Gasteiger partial charge in [0.1, 0.15) is 5.56 Å². The zero-order chi connectivity index (χ0) is 21.3. The summed E-state index contributed by atoms with van der Waals surface area (Å²) in [5.74, 6) is -1.08. The van der Waals surface area contributed by atoms with E-state index in [-0.39, 0.29) is 17.2 Å². The summed E-state index contributed by atoms with van der Waals surface area (Å²) in [6, 6.07) is 8.93. The Morgan fingerprint density at radius 2 is 1.90 bits per heavy atom. The van der Waals surface area contributed by atoms with E-state index >= 15 is 0 Å². The van der Waals surface area contributed by atoms with E-state index in [1.807, 2.05) is 32.0 Å². The monoisotopic (exact) mass is 429 g/mol. The molecule has 1 amide bonds. The molecule has 2 aromatic rings. The quantitative estimate of drug-likeness (QED) is 0.557. The van der Waals surface area contributed by atoms with Crippen LogP contribution in [0.2, 0.25) is 0 Å². The topological polar surface area (TPSA) is 76.1 Å².